The molecule has 11 heterocycles. The zero-order valence-corrected chi connectivity index (χ0v) is 76.2. The van der Waals surface area contributed by atoms with Crippen molar-refractivity contribution in [2.75, 3.05) is 52.5 Å². The number of nitrogen functional groups attached to an aromatic ring is 1. The summed E-state index contributed by atoms with van der Waals surface area (Å²) in [5, 5.41) is 31.7. The van der Waals surface area contributed by atoms with E-state index >= 15 is 0 Å². The van der Waals surface area contributed by atoms with Crippen molar-refractivity contribution in [2.24, 2.45) is 15.2 Å². The van der Waals surface area contributed by atoms with Gasteiger partial charge in [-0.3, -0.25) is 14.4 Å². The van der Waals surface area contributed by atoms with Crippen molar-refractivity contribution in [3.63, 3.8) is 0 Å². The Labute approximate surface area is 689 Å². The maximum absolute atomic E-state index is 12.7. The maximum Gasteiger partial charge on any atom is 0.154 e. The van der Waals surface area contributed by atoms with Crippen molar-refractivity contribution in [1.29, 1.82) is 0 Å². The molecule has 0 spiro atoms. The van der Waals surface area contributed by atoms with Gasteiger partial charge in [0.05, 0.1) is 62.9 Å². The van der Waals surface area contributed by atoms with Crippen molar-refractivity contribution in [3.05, 3.63) is 186 Å². The van der Waals surface area contributed by atoms with Crippen LogP contribution in [0, 0.1) is 18.5 Å². The Hall–Kier alpha value is -3.76. The van der Waals surface area contributed by atoms with Crippen molar-refractivity contribution in [3.8, 4) is 11.9 Å². The number of aliphatic hydroxyl groups excluding tert-OH is 1. The van der Waals surface area contributed by atoms with Gasteiger partial charge in [0, 0.05) is 88.6 Å². The number of hydrogen-bond acceptors (Lipinski definition) is 22. The summed E-state index contributed by atoms with van der Waals surface area (Å²) in [6, 6.07) is 14.7. The molecule has 11 atom stereocenters. The van der Waals surface area contributed by atoms with Gasteiger partial charge < -0.3 is 45.6 Å². The maximum atomic E-state index is 12.7. The third-order valence-corrected chi connectivity index (χ3v) is 46.6. The minimum Gasteiger partial charge on any atom is -0.368 e. The molecule has 11 rings (SSSR count). The number of anilines is 1. The molecule has 0 aromatic carbocycles. The van der Waals surface area contributed by atoms with Crippen molar-refractivity contribution in [2.45, 2.75) is 116 Å². The molecule has 2 fully saturated rings. The van der Waals surface area contributed by atoms with Crippen LogP contribution in [-0.2, 0) is 45.9 Å². The molecule has 7 aromatic heterocycles. The number of rotatable bonds is 12. The number of aromatic carboxylic acids is 1. The van der Waals surface area contributed by atoms with Gasteiger partial charge in [0.2, 0.25) is 5.95 Å². The van der Waals surface area contributed by atoms with Crippen LogP contribution in [0.15, 0.2) is 123 Å². The molecule has 8 N–H and O–H groups in total. The SMILES string of the molecule is C=CB1OC(C)(C)C(C)(C)O1.C=Cc1ccc(Cl)nc1.CC(C)c1ncc(C(=O)O)n1N.CC(C)c1ncc2c(=O)n3c(nn12)NC(c1ccc(Cl)nc1)C3.CN(C)C1=NCC(c2ccc(Cl)nc2)N1.Clc1ccc(Br)cn1.NOC#CB=NS(F)(F)F.OC1CCCO1.PPPPP(P)PP.[C-]#[N+]N(C)C.[Pd]. The second-order valence-corrected chi connectivity index (χ2v) is 49.8. The number of guanidine groups is 1. The summed E-state index contributed by atoms with van der Waals surface area (Å²) in [5.74, 6) is 15.4. The third kappa shape index (κ3) is 38.8. The molecular formula is C61H89B2BrCl4F3N19O8P8PdS. The number of aliphatic hydroxyl groups is 1. The zero-order chi connectivity index (χ0) is 80.8. The first-order valence-electron chi connectivity index (χ1n) is 31.4. The fourth-order valence-corrected chi connectivity index (χ4v) is 39.0. The number of nitrogens with zero attached hydrogens (tertiary/aromatic N) is 15. The summed E-state index contributed by atoms with van der Waals surface area (Å²) in [7, 11) is 20.7. The van der Waals surface area contributed by atoms with Gasteiger partial charge in [-0.2, -0.15) is 11.5 Å². The zero-order valence-electron chi connectivity index (χ0n) is 60.9. The fraction of sp³-hybridized carbons (Fsp3) is 0.393. The molecule has 4 aliphatic rings. The summed E-state index contributed by atoms with van der Waals surface area (Å²) in [6.07, 6.45) is 14.5. The number of aromatic nitrogens is 10. The van der Waals surface area contributed by atoms with Crippen LogP contribution in [0.2, 0.25) is 20.6 Å². The van der Waals surface area contributed by atoms with E-state index < -0.39 is 23.6 Å². The number of nitrogens with one attached hydrogen (secondary N) is 2. The predicted octanol–water partition coefficient (Wildman–Crippen LogP) is 16.4. The quantitative estimate of drug-likeness (QED) is 0.0126. The predicted molar refractivity (Wildman–Crippen MR) is 457 cm³/mol. The molecule has 108 heavy (non-hydrogen) atoms. The summed E-state index contributed by atoms with van der Waals surface area (Å²) < 4.78 is 57.0. The van der Waals surface area contributed by atoms with E-state index in [1.165, 1.54) is 27.1 Å². The number of halogens is 8. The molecule has 7 aromatic rings. The van der Waals surface area contributed by atoms with E-state index in [1.54, 1.807) is 102 Å². The Morgan fingerprint density at radius 3 is 1.80 bits per heavy atom. The molecule has 0 bridgehead atoms. The minimum absolute atomic E-state index is 0. The molecule has 0 saturated carbocycles. The van der Waals surface area contributed by atoms with E-state index in [4.69, 9.17) is 83.1 Å². The standard InChI is InChI=1S/C15H15ClN6O.C10H13ClN4.C8H15BO2.C7H6ClN.C7H11N3O2.C5H3BrClN.C4H8O2.C3H6N2.C2H2BF3N2OS.H10P8.Pd/c1-8(2)13-18-6-11-14(23)21-7-10(19-15(21)20-22(11)13)9-3-4-12(16)17-5-9;1-15(2)10-13-6-8(14-10)7-3-4-9(11)12-5-7;1-6-9-10-7(2,3)8(4,5)11-9;1-2-6-3-4-7(8)9-5-6;1-4(2)6-9-3-5(7(11)12)10(6)8;6-4-1-2-5(7)8-3-4;5-4-2-1-3-6-4;1-4-5(2)3;4-10(5,6)8-3-1-2-9-7;1-4-6-7-8(3)5-2;/h3-6,8,10H,7H2,1-2H3,(H,19,20);3-5,8H,6H2,1-2H3,(H,13,14);6H,1H2,2-5H3;2-5H,1H2;3-4H,8H2,1-2H3,(H,11,12);1-3H;4-5H,1-3H2;2-3H3;7H2;4-7H,1-3H2;. The monoisotopic (exact) mass is 1900 g/mol. The van der Waals surface area contributed by atoms with E-state index in [9.17, 15) is 21.2 Å². The van der Waals surface area contributed by atoms with Gasteiger partial charge in [-0.15, -0.1) is 43.5 Å². The van der Waals surface area contributed by atoms with Gasteiger partial charge >= 0.3 is 70.2 Å². The number of carboxylic acids is 1. The van der Waals surface area contributed by atoms with E-state index in [-0.39, 0.29) is 73.9 Å². The first-order chi connectivity index (χ1) is 50.3. The number of nitrogens with two attached hydrogens (primary N) is 2. The first kappa shape index (κ1) is 102. The van der Waals surface area contributed by atoms with E-state index in [2.05, 4.69) is 126 Å². The normalized spacial score (nSPS) is 16.4. The molecule has 594 valence electrons. The number of carbonyl (C=O) groups is 1. The van der Waals surface area contributed by atoms with Crippen LogP contribution in [0.5, 0.6) is 0 Å². The smallest absolute Gasteiger partial charge is 0.154 e. The van der Waals surface area contributed by atoms with Crippen LogP contribution in [0.3, 0.4) is 0 Å². The van der Waals surface area contributed by atoms with Crippen molar-refractivity contribution < 1.29 is 66.0 Å². The average molecular weight is 1900 g/mol. The van der Waals surface area contributed by atoms with Crippen LogP contribution < -0.4 is 27.9 Å². The number of imidazole rings is 2. The number of ether oxygens (including phenoxy) is 1. The summed E-state index contributed by atoms with van der Waals surface area (Å²) in [5.41, 5.74) is 3.02. The van der Waals surface area contributed by atoms with E-state index in [0.29, 0.717) is 58.5 Å². The molecule has 4 aliphatic heterocycles. The minimum atomic E-state index is -5.33. The first-order valence-corrected chi connectivity index (χ1v) is 49.3. The second kappa shape index (κ2) is 53.3. The number of pyridine rings is 4. The van der Waals surface area contributed by atoms with Crippen LogP contribution in [0.1, 0.15) is 131 Å². The van der Waals surface area contributed by atoms with Crippen LogP contribution in [0.25, 0.3) is 16.5 Å². The molecule has 47 heteroatoms. The molecule has 0 amide bonds. The average Bonchev–Trinajstić information content (AvgIpc) is 1.61. The topological polar surface area (TPSA) is 328 Å². The third-order valence-electron chi connectivity index (χ3n) is 13.9. The molecule has 0 aliphatic carbocycles. The Kier molecular flexibility index (Phi) is 50.5. The Balaban J connectivity index is 0.000000619. The largest absolute Gasteiger partial charge is 0.368 e. The Bertz CT molecular complexity index is 4060. The van der Waals surface area contributed by atoms with E-state index in [1.807, 2.05) is 98.7 Å². The van der Waals surface area contributed by atoms with Crippen LogP contribution in [0.4, 0.5) is 17.6 Å². The Morgan fingerprint density at radius 1 is 0.898 bits per heavy atom. The van der Waals surface area contributed by atoms with Gasteiger partial charge in [-0.05, 0) is 104 Å². The fourth-order valence-electron chi connectivity index (χ4n) is 7.95. The molecular weight excluding hydrogens is 1810 g/mol. The summed E-state index contributed by atoms with van der Waals surface area (Å²) >= 11 is 20.4. The van der Waals surface area contributed by atoms with Gasteiger partial charge in [0.25, 0.3) is 5.56 Å². The van der Waals surface area contributed by atoms with Crippen molar-refractivity contribution >= 4 is 183 Å². The summed E-state index contributed by atoms with van der Waals surface area (Å²) in [4.78, 5) is 60.2. The Morgan fingerprint density at radius 2 is 1.44 bits per heavy atom. The summed E-state index contributed by atoms with van der Waals surface area (Å²) in [6.45, 7) is 31.7. The number of aliphatic imine (C=N–C) groups is 1. The molecule has 11 unspecified atom stereocenters. The van der Waals surface area contributed by atoms with Gasteiger partial charge in [-0.25, -0.2) is 43.9 Å². The number of hydrogen-bond donors (Lipinski definition) is 6. The van der Waals surface area contributed by atoms with Gasteiger partial charge in [0.1, 0.15) is 32.3 Å². The van der Waals surface area contributed by atoms with Gasteiger partial charge in [0.15, 0.2) is 23.5 Å². The van der Waals surface area contributed by atoms with Gasteiger partial charge in [-0.1, -0.05) is 143 Å². The van der Waals surface area contributed by atoms with Crippen LogP contribution in [-0.4, -0.2) is 154 Å². The number of fused-ring (bicyclic) bond motifs is 2. The van der Waals surface area contributed by atoms with Crippen molar-refractivity contribution in [1.82, 2.24) is 64.0 Å². The van der Waals surface area contributed by atoms with E-state index in [0.717, 1.165) is 79.5 Å². The molecule has 27 nitrogen and oxygen atoms in total. The molecule has 2 saturated heterocycles. The second-order valence-electron chi connectivity index (χ2n) is 23.5. The van der Waals surface area contributed by atoms with Crippen LogP contribution >= 0.6 is 139 Å². The number of carboxylic acid groups (broad SMARTS) is 1. The molecule has 0 radical (unpaired) electrons.